The number of nitrogens with zero attached hydrogens (tertiary/aromatic N) is 2. The largest absolute Gasteiger partial charge is 0.375 e. The van der Waals surface area contributed by atoms with Crippen molar-refractivity contribution in [2.75, 3.05) is 38.0 Å². The van der Waals surface area contributed by atoms with Gasteiger partial charge in [-0.1, -0.05) is 35.3 Å². The lowest BCUT2D eigenvalue weighted by molar-refractivity contribution is -0.130. The maximum Gasteiger partial charge on any atom is 0.253 e. The van der Waals surface area contributed by atoms with Crippen LogP contribution in [0.4, 0.5) is 5.69 Å². The van der Waals surface area contributed by atoms with Crippen molar-refractivity contribution in [1.29, 1.82) is 0 Å². The summed E-state index contributed by atoms with van der Waals surface area (Å²) in [4.78, 5) is 28.4. The predicted molar refractivity (Wildman–Crippen MR) is 104 cm³/mol. The smallest absolute Gasteiger partial charge is 0.253 e. The van der Waals surface area contributed by atoms with Crippen molar-refractivity contribution in [1.82, 2.24) is 9.80 Å². The Kier molecular flexibility index (Phi) is 6.01. The van der Waals surface area contributed by atoms with Gasteiger partial charge in [-0.05, 0) is 36.4 Å². The fourth-order valence-electron chi connectivity index (χ4n) is 2.82. The molecule has 1 aliphatic rings. The third kappa shape index (κ3) is 4.48. The Bertz CT molecular complexity index is 788. The molecule has 7 heteroatoms. The standard InChI is InChI=1S/C19H19Cl2N3O2/c20-15-7-5-14(6-8-15)19(26)24-11-9-23(10-12-24)18(25)13-22-17-4-2-1-3-16(17)21/h1-8,22H,9-13H2. The van der Waals surface area contributed by atoms with Crippen LogP contribution >= 0.6 is 23.2 Å². The number of halogens is 2. The molecule has 5 nitrogen and oxygen atoms in total. The van der Waals surface area contributed by atoms with Crippen molar-refractivity contribution < 1.29 is 9.59 Å². The molecule has 0 bridgehead atoms. The molecule has 0 aliphatic carbocycles. The number of para-hydroxylation sites is 1. The Hall–Kier alpha value is -2.24. The molecular weight excluding hydrogens is 373 g/mol. The van der Waals surface area contributed by atoms with E-state index in [0.29, 0.717) is 41.8 Å². The lowest BCUT2D eigenvalue weighted by Crippen LogP contribution is -2.51. The number of hydrogen-bond acceptors (Lipinski definition) is 3. The fourth-order valence-corrected chi connectivity index (χ4v) is 3.15. The van der Waals surface area contributed by atoms with Crippen LogP contribution in [0.5, 0.6) is 0 Å². The van der Waals surface area contributed by atoms with E-state index in [1.807, 2.05) is 18.2 Å². The molecule has 2 amide bonds. The number of piperazine rings is 1. The van der Waals surface area contributed by atoms with E-state index in [-0.39, 0.29) is 18.4 Å². The zero-order chi connectivity index (χ0) is 18.5. The Morgan fingerprint density at radius 3 is 2.15 bits per heavy atom. The van der Waals surface area contributed by atoms with Crippen LogP contribution in [0.1, 0.15) is 10.4 Å². The summed E-state index contributed by atoms with van der Waals surface area (Å²) in [5.74, 6) is -0.0496. The molecule has 0 atom stereocenters. The average Bonchev–Trinajstić information content (AvgIpc) is 2.67. The highest BCUT2D eigenvalue weighted by Gasteiger charge is 2.24. The molecule has 2 aromatic rings. The second-order valence-corrected chi connectivity index (χ2v) is 6.86. The van der Waals surface area contributed by atoms with Crippen molar-refractivity contribution in [2.24, 2.45) is 0 Å². The monoisotopic (exact) mass is 391 g/mol. The molecule has 1 N–H and O–H groups in total. The Morgan fingerprint density at radius 2 is 1.50 bits per heavy atom. The summed E-state index contributed by atoms with van der Waals surface area (Å²) in [5, 5.41) is 4.24. The Labute approximate surface area is 162 Å². The molecule has 0 unspecified atom stereocenters. The minimum absolute atomic E-state index is 0.0106. The number of carbonyl (C=O) groups is 2. The van der Waals surface area contributed by atoms with E-state index in [4.69, 9.17) is 23.2 Å². The second-order valence-electron chi connectivity index (χ2n) is 6.01. The molecule has 2 aromatic carbocycles. The number of benzene rings is 2. The topological polar surface area (TPSA) is 52.7 Å². The van der Waals surface area contributed by atoms with Crippen molar-refractivity contribution in [3.05, 3.63) is 64.1 Å². The van der Waals surface area contributed by atoms with Crippen LogP contribution in [0.3, 0.4) is 0 Å². The van der Waals surface area contributed by atoms with Gasteiger partial charge >= 0.3 is 0 Å². The maximum absolute atomic E-state index is 12.5. The summed E-state index contributed by atoms with van der Waals surface area (Å²) in [5.41, 5.74) is 1.34. The number of amides is 2. The van der Waals surface area contributed by atoms with Gasteiger partial charge in [-0.25, -0.2) is 0 Å². The van der Waals surface area contributed by atoms with Crippen LogP contribution in [0.2, 0.25) is 10.0 Å². The van der Waals surface area contributed by atoms with Crippen LogP contribution < -0.4 is 5.32 Å². The van der Waals surface area contributed by atoms with E-state index in [2.05, 4.69) is 5.32 Å². The van der Waals surface area contributed by atoms with Crippen molar-refractivity contribution >= 4 is 40.7 Å². The Balaban J connectivity index is 1.50. The maximum atomic E-state index is 12.5. The molecule has 0 aromatic heterocycles. The summed E-state index contributed by atoms with van der Waals surface area (Å²) < 4.78 is 0. The quantitative estimate of drug-likeness (QED) is 0.868. The van der Waals surface area contributed by atoms with Gasteiger partial charge in [0.25, 0.3) is 5.91 Å². The van der Waals surface area contributed by atoms with Gasteiger partial charge in [0.2, 0.25) is 5.91 Å². The van der Waals surface area contributed by atoms with Gasteiger partial charge in [-0.3, -0.25) is 9.59 Å². The number of nitrogens with one attached hydrogen (secondary N) is 1. The van der Waals surface area contributed by atoms with Gasteiger partial charge in [-0.2, -0.15) is 0 Å². The summed E-state index contributed by atoms with van der Waals surface area (Å²) in [6, 6.07) is 14.1. The van der Waals surface area contributed by atoms with Crippen LogP contribution in [-0.2, 0) is 4.79 Å². The highest BCUT2D eigenvalue weighted by molar-refractivity contribution is 6.33. The summed E-state index contributed by atoms with van der Waals surface area (Å²) >= 11 is 11.9. The normalized spacial score (nSPS) is 14.2. The zero-order valence-corrected chi connectivity index (χ0v) is 15.6. The van der Waals surface area contributed by atoms with Gasteiger partial charge < -0.3 is 15.1 Å². The van der Waals surface area contributed by atoms with Crippen LogP contribution in [0, 0.1) is 0 Å². The van der Waals surface area contributed by atoms with Crippen molar-refractivity contribution in [3.63, 3.8) is 0 Å². The highest BCUT2D eigenvalue weighted by Crippen LogP contribution is 2.20. The first-order chi connectivity index (χ1) is 12.5. The highest BCUT2D eigenvalue weighted by atomic mass is 35.5. The van der Waals surface area contributed by atoms with E-state index in [1.165, 1.54) is 0 Å². The average molecular weight is 392 g/mol. The molecule has 0 radical (unpaired) electrons. The van der Waals surface area contributed by atoms with Gasteiger partial charge in [0.05, 0.1) is 17.3 Å². The fraction of sp³-hybridized carbons (Fsp3) is 0.263. The summed E-state index contributed by atoms with van der Waals surface area (Å²) in [6.45, 7) is 2.23. The van der Waals surface area contributed by atoms with Crippen LogP contribution in [-0.4, -0.2) is 54.3 Å². The van der Waals surface area contributed by atoms with Gasteiger partial charge in [-0.15, -0.1) is 0 Å². The zero-order valence-electron chi connectivity index (χ0n) is 14.1. The number of anilines is 1. The van der Waals surface area contributed by atoms with Crippen molar-refractivity contribution in [2.45, 2.75) is 0 Å². The van der Waals surface area contributed by atoms with Gasteiger partial charge in [0.15, 0.2) is 0 Å². The van der Waals surface area contributed by atoms with E-state index in [9.17, 15) is 9.59 Å². The van der Waals surface area contributed by atoms with E-state index >= 15 is 0 Å². The molecule has 1 saturated heterocycles. The first-order valence-corrected chi connectivity index (χ1v) is 9.11. The minimum Gasteiger partial charge on any atom is -0.375 e. The summed E-state index contributed by atoms with van der Waals surface area (Å²) in [6.07, 6.45) is 0. The minimum atomic E-state index is -0.0389. The third-order valence-corrected chi connectivity index (χ3v) is 4.90. The lowest BCUT2D eigenvalue weighted by Gasteiger charge is -2.35. The third-order valence-electron chi connectivity index (χ3n) is 4.31. The van der Waals surface area contributed by atoms with Gasteiger partial charge in [0.1, 0.15) is 0 Å². The second kappa shape index (κ2) is 8.43. The molecule has 0 saturated carbocycles. The lowest BCUT2D eigenvalue weighted by atomic mass is 10.2. The first-order valence-electron chi connectivity index (χ1n) is 8.35. The predicted octanol–water partition coefficient (Wildman–Crippen LogP) is 3.39. The molecule has 0 spiro atoms. The van der Waals surface area contributed by atoms with E-state index < -0.39 is 0 Å². The molecular formula is C19H19Cl2N3O2. The number of hydrogen-bond donors (Lipinski definition) is 1. The first kappa shape index (κ1) is 18.5. The molecule has 26 heavy (non-hydrogen) atoms. The molecule has 3 rings (SSSR count). The number of carbonyl (C=O) groups excluding carboxylic acids is 2. The summed E-state index contributed by atoms with van der Waals surface area (Å²) in [7, 11) is 0. The van der Waals surface area contributed by atoms with Crippen molar-refractivity contribution in [3.8, 4) is 0 Å². The SMILES string of the molecule is O=C(CNc1ccccc1Cl)N1CCN(C(=O)c2ccc(Cl)cc2)CC1. The molecule has 1 heterocycles. The van der Waals surface area contributed by atoms with Crippen LogP contribution in [0.15, 0.2) is 48.5 Å². The molecule has 1 aliphatic heterocycles. The number of rotatable bonds is 4. The molecule has 136 valence electrons. The van der Waals surface area contributed by atoms with Gasteiger partial charge in [0, 0.05) is 36.8 Å². The van der Waals surface area contributed by atoms with E-state index in [1.54, 1.807) is 40.1 Å². The van der Waals surface area contributed by atoms with Crippen LogP contribution in [0.25, 0.3) is 0 Å². The van der Waals surface area contributed by atoms with E-state index in [0.717, 1.165) is 5.69 Å². The molecule has 1 fully saturated rings. The Morgan fingerprint density at radius 1 is 0.885 bits per heavy atom.